The number of amides is 2. The van der Waals surface area contributed by atoms with Crippen molar-refractivity contribution in [2.75, 3.05) is 45.8 Å². The summed E-state index contributed by atoms with van der Waals surface area (Å²) in [5.74, 6) is 0.493. The minimum atomic E-state index is 0.0937. The minimum absolute atomic E-state index is 0.0937. The van der Waals surface area contributed by atoms with E-state index in [1.54, 1.807) is 13.1 Å². The maximum atomic E-state index is 12.7. The van der Waals surface area contributed by atoms with Gasteiger partial charge in [-0.3, -0.25) is 19.2 Å². The van der Waals surface area contributed by atoms with E-state index in [0.717, 1.165) is 65.2 Å². The van der Waals surface area contributed by atoms with Crippen LogP contribution in [0.4, 0.5) is 0 Å². The van der Waals surface area contributed by atoms with Gasteiger partial charge in [0.05, 0.1) is 6.54 Å². The first-order valence-corrected chi connectivity index (χ1v) is 8.87. The van der Waals surface area contributed by atoms with Crippen molar-refractivity contribution in [1.82, 2.24) is 24.5 Å². The third-order valence-corrected chi connectivity index (χ3v) is 5.18. The summed E-state index contributed by atoms with van der Waals surface area (Å²) in [7, 11) is 0. The van der Waals surface area contributed by atoms with Crippen molar-refractivity contribution in [1.29, 1.82) is 0 Å². The molecule has 0 radical (unpaired) electrons. The topological polar surface area (TPSA) is 61.7 Å². The molecule has 0 spiro atoms. The minimum Gasteiger partial charge on any atom is -0.343 e. The zero-order valence-corrected chi connectivity index (χ0v) is 14.4. The van der Waals surface area contributed by atoms with Crippen LogP contribution in [0.2, 0.25) is 0 Å². The van der Waals surface area contributed by atoms with E-state index in [0.29, 0.717) is 0 Å². The lowest BCUT2D eigenvalue weighted by molar-refractivity contribution is -0.141. The SMILES string of the molecule is CC(=O)N1CCC(C(=O)N2CCN(CCn3cccn3)CC2)CC1. The van der Waals surface area contributed by atoms with Crippen LogP contribution in [0.25, 0.3) is 0 Å². The van der Waals surface area contributed by atoms with Crippen molar-refractivity contribution in [2.24, 2.45) is 5.92 Å². The van der Waals surface area contributed by atoms with Crippen LogP contribution in [0.15, 0.2) is 18.5 Å². The van der Waals surface area contributed by atoms with E-state index >= 15 is 0 Å². The Kier molecular flexibility index (Phi) is 5.50. The molecule has 0 saturated carbocycles. The summed E-state index contributed by atoms with van der Waals surface area (Å²) in [6.45, 7) is 8.38. The van der Waals surface area contributed by atoms with Gasteiger partial charge in [-0.15, -0.1) is 0 Å². The van der Waals surface area contributed by atoms with Crippen LogP contribution in [0.5, 0.6) is 0 Å². The Hall–Kier alpha value is -1.89. The summed E-state index contributed by atoms with van der Waals surface area (Å²) >= 11 is 0. The summed E-state index contributed by atoms with van der Waals surface area (Å²) in [4.78, 5) is 30.3. The fourth-order valence-electron chi connectivity index (χ4n) is 3.57. The van der Waals surface area contributed by atoms with Crippen molar-refractivity contribution >= 4 is 11.8 Å². The number of piperazine rings is 1. The van der Waals surface area contributed by atoms with Crippen molar-refractivity contribution in [3.8, 4) is 0 Å². The van der Waals surface area contributed by atoms with Gasteiger partial charge in [0.2, 0.25) is 11.8 Å². The summed E-state index contributed by atoms with van der Waals surface area (Å²) in [6.07, 6.45) is 5.39. The molecule has 0 unspecified atom stereocenters. The normalized spacial score (nSPS) is 20.4. The predicted octanol–water partition coefficient (Wildman–Crippen LogP) is 0.286. The molecule has 132 valence electrons. The molecular formula is C17H27N5O2. The van der Waals surface area contributed by atoms with Gasteiger partial charge in [-0.1, -0.05) is 0 Å². The molecule has 2 fully saturated rings. The third kappa shape index (κ3) is 4.14. The number of carbonyl (C=O) groups is 2. The second-order valence-electron chi connectivity index (χ2n) is 6.72. The fraction of sp³-hybridized carbons (Fsp3) is 0.706. The first-order chi connectivity index (χ1) is 11.6. The van der Waals surface area contributed by atoms with E-state index in [2.05, 4.69) is 10.00 Å². The molecule has 2 amide bonds. The first-order valence-electron chi connectivity index (χ1n) is 8.87. The van der Waals surface area contributed by atoms with Crippen LogP contribution >= 0.6 is 0 Å². The van der Waals surface area contributed by atoms with Gasteiger partial charge in [0, 0.05) is 71.0 Å². The number of nitrogens with zero attached hydrogens (tertiary/aromatic N) is 5. The second kappa shape index (κ2) is 7.79. The zero-order valence-electron chi connectivity index (χ0n) is 14.4. The Labute approximate surface area is 143 Å². The Morgan fingerprint density at radius 3 is 2.29 bits per heavy atom. The Balaban J connectivity index is 1.40. The predicted molar refractivity (Wildman–Crippen MR) is 90.2 cm³/mol. The molecule has 2 saturated heterocycles. The third-order valence-electron chi connectivity index (χ3n) is 5.18. The molecule has 2 aliphatic rings. The average Bonchev–Trinajstić information content (AvgIpc) is 3.13. The summed E-state index contributed by atoms with van der Waals surface area (Å²) in [5, 5.41) is 4.22. The highest BCUT2D eigenvalue weighted by Gasteiger charge is 2.30. The van der Waals surface area contributed by atoms with E-state index in [1.165, 1.54) is 0 Å². The molecule has 3 heterocycles. The number of hydrogen-bond donors (Lipinski definition) is 0. The number of aromatic nitrogens is 2. The maximum absolute atomic E-state index is 12.7. The number of piperidine rings is 1. The summed E-state index contributed by atoms with van der Waals surface area (Å²) in [6, 6.07) is 1.94. The van der Waals surface area contributed by atoms with Crippen molar-refractivity contribution in [2.45, 2.75) is 26.3 Å². The molecule has 0 aliphatic carbocycles. The van der Waals surface area contributed by atoms with E-state index in [9.17, 15) is 9.59 Å². The molecule has 0 atom stereocenters. The largest absolute Gasteiger partial charge is 0.343 e. The Morgan fingerprint density at radius 1 is 1.00 bits per heavy atom. The zero-order chi connectivity index (χ0) is 16.9. The Morgan fingerprint density at radius 2 is 1.71 bits per heavy atom. The molecule has 1 aromatic heterocycles. The number of rotatable bonds is 4. The van der Waals surface area contributed by atoms with Crippen molar-refractivity contribution < 1.29 is 9.59 Å². The van der Waals surface area contributed by atoms with Gasteiger partial charge in [0.25, 0.3) is 0 Å². The first kappa shape index (κ1) is 17.0. The summed E-state index contributed by atoms with van der Waals surface area (Å²) in [5.41, 5.74) is 0. The maximum Gasteiger partial charge on any atom is 0.225 e. The van der Waals surface area contributed by atoms with Crippen LogP contribution in [0.3, 0.4) is 0 Å². The number of hydrogen-bond acceptors (Lipinski definition) is 4. The monoisotopic (exact) mass is 333 g/mol. The lowest BCUT2D eigenvalue weighted by atomic mass is 9.95. The molecule has 0 aromatic carbocycles. The number of carbonyl (C=O) groups excluding carboxylic acids is 2. The van der Waals surface area contributed by atoms with Crippen LogP contribution in [0, 0.1) is 5.92 Å². The highest BCUT2D eigenvalue weighted by Crippen LogP contribution is 2.20. The molecule has 7 heteroatoms. The van der Waals surface area contributed by atoms with E-state index in [4.69, 9.17) is 0 Å². The lowest BCUT2D eigenvalue weighted by Crippen LogP contribution is -2.52. The van der Waals surface area contributed by atoms with Gasteiger partial charge in [-0.2, -0.15) is 5.10 Å². The molecule has 24 heavy (non-hydrogen) atoms. The molecule has 1 aromatic rings. The molecule has 0 bridgehead atoms. The van der Waals surface area contributed by atoms with Gasteiger partial charge >= 0.3 is 0 Å². The molecule has 3 rings (SSSR count). The van der Waals surface area contributed by atoms with E-state index < -0.39 is 0 Å². The standard InChI is InChI=1S/C17H27N5O2/c1-15(23)20-7-3-16(4-8-20)17(24)21-12-9-19(10-13-21)11-14-22-6-2-5-18-22/h2,5-6,16H,3-4,7-14H2,1H3. The molecule has 0 N–H and O–H groups in total. The fourth-order valence-corrected chi connectivity index (χ4v) is 3.57. The number of likely N-dealkylation sites (tertiary alicyclic amines) is 1. The smallest absolute Gasteiger partial charge is 0.225 e. The molecular weight excluding hydrogens is 306 g/mol. The molecule has 2 aliphatic heterocycles. The highest BCUT2D eigenvalue weighted by molar-refractivity contribution is 5.79. The van der Waals surface area contributed by atoms with Gasteiger partial charge < -0.3 is 9.80 Å². The molecule has 7 nitrogen and oxygen atoms in total. The average molecular weight is 333 g/mol. The quantitative estimate of drug-likeness (QED) is 0.794. The van der Waals surface area contributed by atoms with Gasteiger partial charge in [-0.05, 0) is 18.9 Å². The lowest BCUT2D eigenvalue weighted by Gasteiger charge is -2.38. The van der Waals surface area contributed by atoms with Gasteiger partial charge in [0.15, 0.2) is 0 Å². The Bertz CT molecular complexity index is 543. The highest BCUT2D eigenvalue weighted by atomic mass is 16.2. The van der Waals surface area contributed by atoms with Crippen LogP contribution in [-0.4, -0.2) is 82.1 Å². The summed E-state index contributed by atoms with van der Waals surface area (Å²) < 4.78 is 1.94. The van der Waals surface area contributed by atoms with Crippen molar-refractivity contribution in [3.63, 3.8) is 0 Å². The van der Waals surface area contributed by atoms with Gasteiger partial charge in [0.1, 0.15) is 0 Å². The van der Waals surface area contributed by atoms with Crippen LogP contribution in [0.1, 0.15) is 19.8 Å². The van der Waals surface area contributed by atoms with E-state index in [-0.39, 0.29) is 17.7 Å². The van der Waals surface area contributed by atoms with E-state index in [1.807, 2.05) is 26.7 Å². The van der Waals surface area contributed by atoms with Crippen LogP contribution in [-0.2, 0) is 16.1 Å². The second-order valence-corrected chi connectivity index (χ2v) is 6.72. The van der Waals surface area contributed by atoms with Gasteiger partial charge in [-0.25, -0.2) is 0 Å². The van der Waals surface area contributed by atoms with Crippen LogP contribution < -0.4 is 0 Å². The van der Waals surface area contributed by atoms with Crippen molar-refractivity contribution in [3.05, 3.63) is 18.5 Å².